The molecule has 0 amide bonds. The van der Waals surface area contributed by atoms with Gasteiger partial charge in [0, 0.05) is 15.3 Å². The number of aromatic nitrogens is 2. The van der Waals surface area contributed by atoms with E-state index in [-0.39, 0.29) is 5.82 Å². The summed E-state index contributed by atoms with van der Waals surface area (Å²) in [6, 6.07) is 7.43. The van der Waals surface area contributed by atoms with Crippen molar-refractivity contribution < 1.29 is 4.39 Å². The molecule has 116 valence electrons. The Bertz CT molecular complexity index is 1020. The van der Waals surface area contributed by atoms with E-state index in [0.29, 0.717) is 11.1 Å². The zero-order chi connectivity index (χ0) is 16.1. The average Bonchev–Trinajstić information content (AvgIpc) is 3.20. The van der Waals surface area contributed by atoms with Crippen LogP contribution in [0, 0.1) is 12.7 Å². The Labute approximate surface area is 160 Å². The molecule has 8 heteroatoms. The zero-order valence-electron chi connectivity index (χ0n) is 11.6. The van der Waals surface area contributed by atoms with Crippen molar-refractivity contribution in [2.45, 2.75) is 6.92 Å². The summed E-state index contributed by atoms with van der Waals surface area (Å²) < 4.78 is 25.7. The molecule has 3 heterocycles. The second kappa shape index (κ2) is 6.00. The van der Waals surface area contributed by atoms with E-state index in [2.05, 4.69) is 40.6 Å². The fourth-order valence-corrected chi connectivity index (χ4v) is 5.93. The van der Waals surface area contributed by atoms with Crippen LogP contribution in [0.2, 0.25) is 0 Å². The average molecular weight is 490 g/mol. The number of hydrogen-bond acceptors (Lipinski definition) is 5. The molecule has 0 N–H and O–H groups in total. The van der Waals surface area contributed by atoms with Gasteiger partial charge in [0.05, 0.1) is 24.9 Å². The highest BCUT2D eigenvalue weighted by atomic mass is 79.9. The monoisotopic (exact) mass is 488 g/mol. The third kappa shape index (κ3) is 2.70. The van der Waals surface area contributed by atoms with E-state index in [4.69, 9.17) is 0 Å². The molecule has 1 aromatic carbocycles. The highest BCUT2D eigenvalue weighted by Crippen LogP contribution is 2.43. The van der Waals surface area contributed by atoms with Crippen LogP contribution in [-0.2, 0) is 0 Å². The molecule has 23 heavy (non-hydrogen) atoms. The third-order valence-corrected chi connectivity index (χ3v) is 7.77. The standard InChI is InChI=1S/C15H7Br2FN2S3/c1-6-4-10(22-15(6)17)7-5-8(18)12(9-2-3-11(16)21-9)14-13(7)19-23-20-14/h2-5H,1H3. The highest BCUT2D eigenvalue weighted by molar-refractivity contribution is 9.11. The molecule has 0 aliphatic carbocycles. The first-order valence-corrected chi connectivity index (χ1v) is 10.5. The van der Waals surface area contributed by atoms with Crippen LogP contribution < -0.4 is 0 Å². The minimum Gasteiger partial charge on any atom is -0.206 e. The van der Waals surface area contributed by atoms with Crippen molar-refractivity contribution in [2.24, 2.45) is 0 Å². The van der Waals surface area contributed by atoms with Crippen LogP contribution in [0.3, 0.4) is 0 Å². The molecule has 0 spiro atoms. The Morgan fingerprint density at radius 3 is 2.43 bits per heavy atom. The molecule has 0 saturated heterocycles. The van der Waals surface area contributed by atoms with E-state index in [1.54, 1.807) is 17.4 Å². The zero-order valence-corrected chi connectivity index (χ0v) is 17.2. The highest BCUT2D eigenvalue weighted by Gasteiger charge is 2.20. The second-order valence-corrected chi connectivity index (χ2v) is 10.3. The summed E-state index contributed by atoms with van der Waals surface area (Å²) in [6.45, 7) is 2.02. The summed E-state index contributed by atoms with van der Waals surface area (Å²) >= 11 is 11.1. The minimum absolute atomic E-state index is 0.267. The van der Waals surface area contributed by atoms with Gasteiger partial charge in [-0.25, -0.2) is 4.39 Å². The number of halogens is 3. The summed E-state index contributed by atoms with van der Waals surface area (Å²) in [5, 5.41) is 0. The second-order valence-electron chi connectivity index (χ2n) is 4.91. The van der Waals surface area contributed by atoms with E-state index in [0.717, 1.165) is 45.7 Å². The topological polar surface area (TPSA) is 25.8 Å². The molecule has 2 nitrogen and oxygen atoms in total. The number of benzene rings is 1. The molecule has 0 unspecified atom stereocenters. The summed E-state index contributed by atoms with van der Waals surface area (Å²) in [4.78, 5) is 1.84. The lowest BCUT2D eigenvalue weighted by molar-refractivity contribution is 0.633. The van der Waals surface area contributed by atoms with E-state index in [1.807, 2.05) is 25.1 Å². The number of aryl methyl sites for hydroxylation is 1. The van der Waals surface area contributed by atoms with Gasteiger partial charge in [0.2, 0.25) is 0 Å². The molecule has 4 aromatic rings. The van der Waals surface area contributed by atoms with Gasteiger partial charge in [-0.2, -0.15) is 8.75 Å². The normalized spacial score (nSPS) is 11.5. The quantitative estimate of drug-likeness (QED) is 0.299. The lowest BCUT2D eigenvalue weighted by Gasteiger charge is -2.05. The van der Waals surface area contributed by atoms with Crippen LogP contribution in [0.15, 0.2) is 31.8 Å². The van der Waals surface area contributed by atoms with E-state index in [9.17, 15) is 4.39 Å². The van der Waals surface area contributed by atoms with Gasteiger partial charge < -0.3 is 0 Å². The number of nitrogens with zero attached hydrogens (tertiary/aromatic N) is 2. The first kappa shape index (κ1) is 15.8. The molecule has 0 aliphatic heterocycles. The van der Waals surface area contributed by atoms with Gasteiger partial charge in [0.25, 0.3) is 0 Å². The van der Waals surface area contributed by atoms with Crippen molar-refractivity contribution >= 4 is 77.3 Å². The van der Waals surface area contributed by atoms with Crippen molar-refractivity contribution in [3.05, 3.63) is 43.2 Å². The Balaban J connectivity index is 2.01. The number of thiophene rings is 2. The van der Waals surface area contributed by atoms with Crippen LogP contribution in [-0.4, -0.2) is 8.75 Å². The van der Waals surface area contributed by atoms with Gasteiger partial charge in [-0.05, 0) is 68.6 Å². The lowest BCUT2D eigenvalue weighted by Crippen LogP contribution is -1.88. The largest absolute Gasteiger partial charge is 0.206 e. The lowest BCUT2D eigenvalue weighted by atomic mass is 10.0. The summed E-state index contributed by atoms with van der Waals surface area (Å²) in [5.41, 5.74) is 3.84. The van der Waals surface area contributed by atoms with E-state index < -0.39 is 0 Å². The first-order valence-electron chi connectivity index (χ1n) is 6.51. The van der Waals surface area contributed by atoms with Crippen LogP contribution >= 0.6 is 66.3 Å². The fourth-order valence-electron chi connectivity index (χ4n) is 2.37. The van der Waals surface area contributed by atoms with E-state index >= 15 is 0 Å². The Hall–Kier alpha value is -0.670. The predicted molar refractivity (Wildman–Crippen MR) is 104 cm³/mol. The molecular formula is C15H7Br2FN2S3. The van der Waals surface area contributed by atoms with Crippen LogP contribution in [0.25, 0.3) is 31.9 Å². The molecule has 3 aromatic heterocycles. The van der Waals surface area contributed by atoms with Gasteiger partial charge in [0.1, 0.15) is 16.9 Å². The maximum Gasteiger partial charge on any atom is 0.134 e. The molecule has 0 bridgehead atoms. The van der Waals surface area contributed by atoms with Gasteiger partial charge in [-0.15, -0.1) is 22.7 Å². The van der Waals surface area contributed by atoms with E-state index in [1.165, 1.54) is 11.3 Å². The molecule has 0 saturated carbocycles. The van der Waals surface area contributed by atoms with Crippen LogP contribution in [0.5, 0.6) is 0 Å². The Kier molecular flexibility index (Phi) is 4.13. The van der Waals surface area contributed by atoms with Crippen LogP contribution in [0.4, 0.5) is 4.39 Å². The number of rotatable bonds is 2. The Morgan fingerprint density at radius 2 is 1.78 bits per heavy atom. The van der Waals surface area contributed by atoms with Crippen molar-refractivity contribution in [3.8, 4) is 20.9 Å². The van der Waals surface area contributed by atoms with Gasteiger partial charge in [0.15, 0.2) is 0 Å². The molecule has 0 atom stereocenters. The van der Waals surface area contributed by atoms with Crippen molar-refractivity contribution in [1.82, 2.24) is 8.75 Å². The van der Waals surface area contributed by atoms with Gasteiger partial charge >= 0.3 is 0 Å². The first-order chi connectivity index (χ1) is 11.0. The summed E-state index contributed by atoms with van der Waals surface area (Å²) in [6.07, 6.45) is 0. The fraction of sp³-hybridized carbons (Fsp3) is 0.0667. The van der Waals surface area contributed by atoms with Crippen molar-refractivity contribution in [2.75, 3.05) is 0 Å². The van der Waals surface area contributed by atoms with Crippen molar-refractivity contribution in [3.63, 3.8) is 0 Å². The molecule has 4 rings (SSSR count). The molecular weight excluding hydrogens is 483 g/mol. The smallest absolute Gasteiger partial charge is 0.134 e. The summed E-state index contributed by atoms with van der Waals surface area (Å²) in [5.74, 6) is -0.267. The van der Waals surface area contributed by atoms with Gasteiger partial charge in [-0.1, -0.05) is 0 Å². The molecule has 0 aliphatic rings. The predicted octanol–water partition coefficient (Wildman–Crippen LogP) is 7.12. The maximum atomic E-state index is 14.9. The molecule has 0 fully saturated rings. The van der Waals surface area contributed by atoms with Crippen LogP contribution in [0.1, 0.15) is 5.56 Å². The third-order valence-electron chi connectivity index (χ3n) is 3.43. The summed E-state index contributed by atoms with van der Waals surface area (Å²) in [7, 11) is 0. The molecule has 0 radical (unpaired) electrons. The Morgan fingerprint density at radius 1 is 1.00 bits per heavy atom. The van der Waals surface area contributed by atoms with Crippen molar-refractivity contribution in [1.29, 1.82) is 0 Å². The minimum atomic E-state index is -0.267. The number of hydrogen-bond donors (Lipinski definition) is 0. The SMILES string of the molecule is Cc1cc(-c2cc(F)c(-c3ccc(Br)s3)c3nsnc23)sc1Br. The number of fused-ring (bicyclic) bond motifs is 1. The van der Waals surface area contributed by atoms with Gasteiger partial charge in [-0.3, -0.25) is 0 Å². The maximum absolute atomic E-state index is 14.9.